The third-order valence-electron chi connectivity index (χ3n) is 7.79. The van der Waals surface area contributed by atoms with Crippen LogP contribution in [0.5, 0.6) is 0 Å². The van der Waals surface area contributed by atoms with Crippen molar-refractivity contribution in [3.05, 3.63) is 147 Å². The van der Waals surface area contributed by atoms with Crippen molar-refractivity contribution in [1.29, 1.82) is 0 Å². The summed E-state index contributed by atoms with van der Waals surface area (Å²) in [7, 11) is 0. The Bertz CT molecular complexity index is 1620. The van der Waals surface area contributed by atoms with E-state index in [1.807, 2.05) is 0 Å². The van der Waals surface area contributed by atoms with E-state index in [1.165, 1.54) is 66.1 Å². The SMILES string of the molecule is CC(C)c1cccc2c1-c1cc(=C(c3ccccc3)c3ccccc3)c(C(C)C)c(C3=CC=CC3)c1=C2. The first-order chi connectivity index (χ1) is 18.0. The predicted molar refractivity (Wildman–Crippen MR) is 159 cm³/mol. The van der Waals surface area contributed by atoms with Crippen LogP contribution >= 0.6 is 0 Å². The van der Waals surface area contributed by atoms with E-state index < -0.39 is 0 Å². The van der Waals surface area contributed by atoms with Crippen LogP contribution < -0.4 is 10.4 Å². The zero-order valence-electron chi connectivity index (χ0n) is 22.3. The van der Waals surface area contributed by atoms with Gasteiger partial charge in [0.1, 0.15) is 0 Å². The van der Waals surface area contributed by atoms with Gasteiger partial charge in [-0.25, -0.2) is 0 Å². The molecule has 0 aromatic heterocycles. The van der Waals surface area contributed by atoms with Crippen molar-refractivity contribution in [2.45, 2.75) is 46.0 Å². The summed E-state index contributed by atoms with van der Waals surface area (Å²) in [4.78, 5) is 0. The first-order valence-corrected chi connectivity index (χ1v) is 13.6. The zero-order chi connectivity index (χ0) is 25.5. The Kier molecular flexibility index (Phi) is 6.05. The minimum Gasteiger partial charge on any atom is -0.0801 e. The Labute approximate surface area is 221 Å². The highest BCUT2D eigenvalue weighted by Crippen LogP contribution is 2.38. The molecule has 0 radical (unpaired) electrons. The van der Waals surface area contributed by atoms with Gasteiger partial charge in [-0.3, -0.25) is 0 Å². The maximum atomic E-state index is 2.51. The highest BCUT2D eigenvalue weighted by Gasteiger charge is 2.25. The molecule has 0 atom stereocenters. The Morgan fingerprint density at radius 1 is 0.703 bits per heavy atom. The number of hydrogen-bond acceptors (Lipinski definition) is 0. The molecular formula is C37H34. The second-order valence-electron chi connectivity index (χ2n) is 10.9. The highest BCUT2D eigenvalue weighted by atomic mass is 14.3. The van der Waals surface area contributed by atoms with Crippen molar-refractivity contribution in [1.82, 2.24) is 0 Å². The number of benzene rings is 4. The van der Waals surface area contributed by atoms with Crippen molar-refractivity contribution in [2.24, 2.45) is 0 Å². The first-order valence-electron chi connectivity index (χ1n) is 13.6. The van der Waals surface area contributed by atoms with Gasteiger partial charge in [-0.2, -0.15) is 0 Å². The summed E-state index contributed by atoms with van der Waals surface area (Å²) in [5.74, 6) is 0.839. The van der Waals surface area contributed by atoms with Crippen LogP contribution in [0.15, 0.2) is 103 Å². The first kappa shape index (κ1) is 23.5. The zero-order valence-corrected chi connectivity index (χ0v) is 22.3. The Balaban J connectivity index is 1.85. The summed E-state index contributed by atoms with van der Waals surface area (Å²) in [5.41, 5.74) is 13.7. The van der Waals surface area contributed by atoms with Crippen molar-refractivity contribution < 1.29 is 0 Å². The van der Waals surface area contributed by atoms with E-state index in [0.717, 1.165) is 6.42 Å². The molecule has 0 heteroatoms. The third kappa shape index (κ3) is 4.02. The summed E-state index contributed by atoms with van der Waals surface area (Å²) in [6, 6.07) is 31.2. The van der Waals surface area contributed by atoms with Crippen LogP contribution in [-0.4, -0.2) is 0 Å². The fourth-order valence-electron chi connectivity index (χ4n) is 6.20. The maximum absolute atomic E-state index is 2.51. The van der Waals surface area contributed by atoms with Gasteiger partial charge in [0.25, 0.3) is 0 Å². The average Bonchev–Trinajstić information content (AvgIpc) is 3.57. The predicted octanol–water partition coefficient (Wildman–Crippen LogP) is 8.33. The lowest BCUT2D eigenvalue weighted by Crippen LogP contribution is -2.26. The minimum absolute atomic E-state index is 0.376. The molecule has 0 saturated carbocycles. The van der Waals surface area contributed by atoms with Gasteiger partial charge in [0.05, 0.1) is 0 Å². The molecule has 0 heterocycles. The Morgan fingerprint density at radius 2 is 1.38 bits per heavy atom. The van der Waals surface area contributed by atoms with Crippen molar-refractivity contribution in [2.75, 3.05) is 0 Å². The van der Waals surface area contributed by atoms with Gasteiger partial charge in [0, 0.05) is 0 Å². The average molecular weight is 479 g/mol. The van der Waals surface area contributed by atoms with E-state index in [2.05, 4.69) is 137 Å². The van der Waals surface area contributed by atoms with E-state index in [0.29, 0.717) is 11.8 Å². The van der Waals surface area contributed by atoms with Gasteiger partial charge in [-0.15, -0.1) is 0 Å². The largest absolute Gasteiger partial charge is 0.0801 e. The monoisotopic (exact) mass is 478 g/mol. The van der Waals surface area contributed by atoms with E-state index in [9.17, 15) is 0 Å². The Hall–Kier alpha value is -3.90. The molecule has 0 nitrogen and oxygen atoms in total. The fraction of sp³-hybridized carbons (Fsp3) is 0.189. The molecule has 4 aromatic rings. The second kappa shape index (κ2) is 9.52. The van der Waals surface area contributed by atoms with Crippen molar-refractivity contribution in [3.63, 3.8) is 0 Å². The molecule has 0 aliphatic heterocycles. The Morgan fingerprint density at radius 3 is 1.95 bits per heavy atom. The number of allylic oxidation sites excluding steroid dienone is 4. The van der Waals surface area contributed by atoms with Gasteiger partial charge in [0.2, 0.25) is 0 Å². The summed E-state index contributed by atoms with van der Waals surface area (Å²) in [6.45, 7) is 9.33. The van der Waals surface area contributed by atoms with Gasteiger partial charge < -0.3 is 0 Å². The van der Waals surface area contributed by atoms with Crippen LogP contribution in [0.3, 0.4) is 0 Å². The number of hydrogen-bond donors (Lipinski definition) is 0. The van der Waals surface area contributed by atoms with Crippen LogP contribution in [0.2, 0.25) is 0 Å². The molecule has 182 valence electrons. The van der Waals surface area contributed by atoms with Gasteiger partial charge in [0.15, 0.2) is 0 Å². The maximum Gasteiger partial charge on any atom is -0.00355 e. The molecule has 2 aliphatic rings. The standard InChI is InChI=1S/C37H34/c1-24(2)30-21-13-20-29-22-31-32(36(29)30)23-33(34(25(3)4)37(31)28-18-11-12-19-28)35(26-14-7-5-8-15-26)27-16-9-6-10-17-27/h5-18,20-25H,19H2,1-4H3. The molecule has 4 aromatic carbocycles. The van der Waals surface area contributed by atoms with E-state index in [1.54, 1.807) is 0 Å². The molecule has 0 saturated heterocycles. The van der Waals surface area contributed by atoms with Crippen LogP contribution in [0, 0.1) is 0 Å². The third-order valence-corrected chi connectivity index (χ3v) is 7.79. The lowest BCUT2D eigenvalue weighted by molar-refractivity contribution is 0.851. The van der Waals surface area contributed by atoms with Gasteiger partial charge in [-0.05, 0) is 96.5 Å². The molecule has 0 amide bonds. The lowest BCUT2D eigenvalue weighted by atomic mass is 9.82. The summed E-state index contributed by atoms with van der Waals surface area (Å²) >= 11 is 0. The normalized spacial score (nSPS) is 13.5. The molecule has 0 fully saturated rings. The summed E-state index contributed by atoms with van der Waals surface area (Å²) in [6.07, 6.45) is 10.3. The van der Waals surface area contributed by atoms with E-state index in [4.69, 9.17) is 0 Å². The molecule has 0 spiro atoms. The van der Waals surface area contributed by atoms with Crippen molar-refractivity contribution in [3.8, 4) is 11.1 Å². The summed E-state index contributed by atoms with van der Waals surface area (Å²) in [5, 5.41) is 2.75. The molecule has 2 aliphatic carbocycles. The quantitative estimate of drug-likeness (QED) is 0.238. The van der Waals surface area contributed by atoms with Crippen LogP contribution in [0.25, 0.3) is 28.3 Å². The summed E-state index contributed by atoms with van der Waals surface area (Å²) < 4.78 is 0. The molecule has 6 rings (SSSR count). The second-order valence-corrected chi connectivity index (χ2v) is 10.9. The van der Waals surface area contributed by atoms with Crippen molar-refractivity contribution >= 4 is 17.2 Å². The van der Waals surface area contributed by atoms with E-state index in [-0.39, 0.29) is 0 Å². The van der Waals surface area contributed by atoms with E-state index >= 15 is 0 Å². The number of fused-ring (bicyclic) bond motifs is 3. The molecule has 37 heavy (non-hydrogen) atoms. The number of rotatable bonds is 5. The fourth-order valence-corrected chi connectivity index (χ4v) is 6.20. The molecule has 0 bridgehead atoms. The topological polar surface area (TPSA) is 0 Å². The minimum atomic E-state index is 0.376. The molecular weight excluding hydrogens is 444 g/mol. The smallest absolute Gasteiger partial charge is 0.00355 e. The van der Waals surface area contributed by atoms with Crippen LogP contribution in [0.1, 0.15) is 79.3 Å². The molecule has 0 N–H and O–H groups in total. The van der Waals surface area contributed by atoms with Gasteiger partial charge >= 0.3 is 0 Å². The van der Waals surface area contributed by atoms with Crippen LogP contribution in [-0.2, 0) is 0 Å². The lowest BCUT2D eigenvalue weighted by Gasteiger charge is -2.21. The van der Waals surface area contributed by atoms with Gasteiger partial charge in [-0.1, -0.05) is 125 Å². The highest BCUT2D eigenvalue weighted by molar-refractivity contribution is 5.92. The van der Waals surface area contributed by atoms with Crippen LogP contribution in [0.4, 0.5) is 0 Å². The molecule has 0 unspecified atom stereocenters.